The summed E-state index contributed by atoms with van der Waals surface area (Å²) in [5.74, 6) is 7.58. The number of amides is 1. The molecule has 32 heavy (non-hydrogen) atoms. The molecule has 3 aliphatic rings. The number of aliphatic hydroxyl groups excluding tert-OH is 1. The molecule has 1 N–H and O–H groups in total. The number of likely N-dealkylation sites (tertiary alicyclic amines) is 1. The smallest absolute Gasteiger partial charge is 0.243 e. The minimum absolute atomic E-state index is 0.0910. The van der Waals surface area contributed by atoms with Gasteiger partial charge in [-0.05, 0) is 49.6 Å². The Morgan fingerprint density at radius 1 is 1.19 bits per heavy atom. The van der Waals surface area contributed by atoms with Crippen molar-refractivity contribution < 1.29 is 14.6 Å². The number of carbonyl (C=O) groups excluding carboxylic acids is 1. The Hall–Kier alpha value is -2.81. The third-order valence-electron chi connectivity index (χ3n) is 7.45. The minimum Gasteiger partial charge on any atom is -0.496 e. The molecule has 1 amide bonds. The van der Waals surface area contributed by atoms with E-state index in [-0.39, 0.29) is 12.1 Å². The van der Waals surface area contributed by atoms with Crippen molar-refractivity contribution >= 4 is 5.91 Å². The topological polar surface area (TPSA) is 53.0 Å². The van der Waals surface area contributed by atoms with Crippen molar-refractivity contribution in [1.82, 2.24) is 9.80 Å². The molecule has 5 nitrogen and oxygen atoms in total. The molecule has 1 spiro atoms. The van der Waals surface area contributed by atoms with Gasteiger partial charge in [-0.15, -0.1) is 0 Å². The van der Waals surface area contributed by atoms with Crippen LogP contribution in [0.15, 0.2) is 48.5 Å². The molecule has 0 bridgehead atoms. The van der Waals surface area contributed by atoms with E-state index >= 15 is 0 Å². The van der Waals surface area contributed by atoms with E-state index in [1.165, 1.54) is 5.56 Å². The third-order valence-corrected chi connectivity index (χ3v) is 7.45. The highest BCUT2D eigenvalue weighted by Crippen LogP contribution is 2.56. The fraction of sp³-hybridized carbons (Fsp3) is 0.444. The molecule has 3 atom stereocenters. The van der Waals surface area contributed by atoms with E-state index < -0.39 is 0 Å². The van der Waals surface area contributed by atoms with Crippen molar-refractivity contribution in [1.29, 1.82) is 0 Å². The number of ether oxygens (including phenoxy) is 1. The lowest BCUT2D eigenvalue weighted by Crippen LogP contribution is -2.49. The van der Waals surface area contributed by atoms with Crippen LogP contribution in [0.25, 0.3) is 0 Å². The molecular formula is C27H30N2O3. The lowest BCUT2D eigenvalue weighted by molar-refractivity contribution is -0.137. The third kappa shape index (κ3) is 3.39. The van der Waals surface area contributed by atoms with Crippen LogP contribution in [0.1, 0.15) is 48.4 Å². The molecule has 166 valence electrons. The fourth-order valence-corrected chi connectivity index (χ4v) is 6.08. The summed E-state index contributed by atoms with van der Waals surface area (Å²) in [5, 5.41) is 8.90. The van der Waals surface area contributed by atoms with Gasteiger partial charge in [0.2, 0.25) is 5.91 Å². The van der Waals surface area contributed by atoms with E-state index in [1.807, 2.05) is 18.2 Å². The molecule has 3 saturated heterocycles. The van der Waals surface area contributed by atoms with Crippen LogP contribution in [0.5, 0.6) is 5.75 Å². The Bertz CT molecular complexity index is 1050. The van der Waals surface area contributed by atoms with Gasteiger partial charge >= 0.3 is 0 Å². The van der Waals surface area contributed by atoms with Crippen molar-refractivity contribution in [3.8, 4) is 17.6 Å². The maximum absolute atomic E-state index is 13.8. The number of para-hydroxylation sites is 1. The summed E-state index contributed by atoms with van der Waals surface area (Å²) in [5.41, 5.74) is 2.97. The van der Waals surface area contributed by atoms with Crippen LogP contribution in [0.4, 0.5) is 0 Å². The van der Waals surface area contributed by atoms with Crippen molar-refractivity contribution in [2.45, 2.75) is 43.8 Å². The largest absolute Gasteiger partial charge is 0.496 e. The minimum atomic E-state index is -0.341. The number of benzene rings is 2. The number of carbonyl (C=O) groups is 1. The van der Waals surface area contributed by atoms with Crippen LogP contribution in [0.2, 0.25) is 0 Å². The zero-order valence-electron chi connectivity index (χ0n) is 18.6. The lowest BCUT2D eigenvalue weighted by Gasteiger charge is -2.33. The summed E-state index contributed by atoms with van der Waals surface area (Å²) in [6, 6.07) is 16.7. The van der Waals surface area contributed by atoms with Gasteiger partial charge in [0.15, 0.2) is 0 Å². The monoisotopic (exact) mass is 430 g/mol. The maximum Gasteiger partial charge on any atom is 0.243 e. The number of methoxy groups -OCH3 is 1. The van der Waals surface area contributed by atoms with E-state index in [2.05, 4.69) is 52.0 Å². The normalized spacial score (nSPS) is 26.6. The quantitative estimate of drug-likeness (QED) is 0.739. The van der Waals surface area contributed by atoms with Gasteiger partial charge in [-0.1, -0.05) is 42.2 Å². The lowest BCUT2D eigenvalue weighted by atomic mass is 9.85. The molecule has 0 unspecified atom stereocenters. The van der Waals surface area contributed by atoms with E-state index in [0.29, 0.717) is 30.8 Å². The summed E-state index contributed by atoms with van der Waals surface area (Å²) in [6.07, 6.45) is 3.55. The Balaban J connectivity index is 1.36. The number of hydrogen-bond acceptors (Lipinski definition) is 4. The average molecular weight is 431 g/mol. The first-order valence-electron chi connectivity index (χ1n) is 11.5. The predicted octanol–water partition coefficient (Wildman–Crippen LogP) is 3.37. The Morgan fingerprint density at radius 3 is 2.78 bits per heavy atom. The first-order valence-corrected chi connectivity index (χ1v) is 11.5. The van der Waals surface area contributed by atoms with Gasteiger partial charge in [-0.3, -0.25) is 9.69 Å². The summed E-state index contributed by atoms with van der Waals surface area (Å²) >= 11 is 0. The van der Waals surface area contributed by atoms with Crippen LogP contribution in [0, 0.1) is 17.8 Å². The van der Waals surface area contributed by atoms with Crippen molar-refractivity contribution in [2.24, 2.45) is 5.92 Å². The summed E-state index contributed by atoms with van der Waals surface area (Å²) in [4.78, 5) is 18.3. The summed E-state index contributed by atoms with van der Waals surface area (Å²) in [7, 11) is 1.69. The molecule has 0 aromatic heterocycles. The number of aliphatic hydroxyl groups is 1. The maximum atomic E-state index is 13.8. The summed E-state index contributed by atoms with van der Waals surface area (Å²) < 4.78 is 5.51. The van der Waals surface area contributed by atoms with Gasteiger partial charge in [0.1, 0.15) is 11.3 Å². The zero-order valence-corrected chi connectivity index (χ0v) is 18.6. The van der Waals surface area contributed by atoms with Crippen molar-refractivity contribution in [2.75, 3.05) is 26.8 Å². The Labute approximate surface area is 190 Å². The molecule has 5 rings (SSSR count). The van der Waals surface area contributed by atoms with E-state index in [9.17, 15) is 4.79 Å². The highest BCUT2D eigenvalue weighted by Gasteiger charge is 2.65. The van der Waals surface area contributed by atoms with Gasteiger partial charge in [0.05, 0.1) is 13.7 Å². The van der Waals surface area contributed by atoms with Gasteiger partial charge in [0.25, 0.3) is 0 Å². The van der Waals surface area contributed by atoms with Crippen LogP contribution < -0.4 is 4.74 Å². The molecule has 3 aliphatic heterocycles. The first kappa shape index (κ1) is 21.1. The molecule has 0 radical (unpaired) electrons. The molecular weight excluding hydrogens is 400 g/mol. The molecule has 0 aliphatic carbocycles. The molecule has 5 heteroatoms. The Morgan fingerprint density at radius 2 is 2.00 bits per heavy atom. The van der Waals surface area contributed by atoms with Crippen LogP contribution >= 0.6 is 0 Å². The van der Waals surface area contributed by atoms with Crippen LogP contribution in [-0.4, -0.2) is 53.2 Å². The second-order valence-corrected chi connectivity index (χ2v) is 9.06. The number of hydrogen-bond donors (Lipinski definition) is 1. The molecule has 2 aromatic carbocycles. The standard InChI is InChI=1S/C27H30N2O3/c1-32-25-9-3-2-8-22(25)18-28-19-23-17-24(29-15-6-14-27(23,29)26(28)31)21-12-10-20(11-13-21)7-4-5-16-30/h2-3,8-13,23-24,30H,5-6,14-19H2,1H3/t23-,24-,27-/m0/s1. The molecule has 0 saturated carbocycles. The number of rotatable bonds is 5. The molecule has 2 aromatic rings. The SMILES string of the molecule is COc1ccccc1CN1C[C@@H]2C[C@@H](c3ccc(C#CCCO)cc3)N3CCC[C@@]23C1=O. The second-order valence-electron chi connectivity index (χ2n) is 9.06. The van der Waals surface area contributed by atoms with Crippen molar-refractivity contribution in [3.05, 3.63) is 65.2 Å². The predicted molar refractivity (Wildman–Crippen MR) is 123 cm³/mol. The molecule has 3 heterocycles. The average Bonchev–Trinajstić information content (AvgIpc) is 3.45. The molecule has 3 fully saturated rings. The highest BCUT2D eigenvalue weighted by atomic mass is 16.5. The van der Waals surface area contributed by atoms with Gasteiger partial charge < -0.3 is 14.7 Å². The first-order chi connectivity index (χ1) is 15.7. The van der Waals surface area contributed by atoms with Crippen LogP contribution in [-0.2, 0) is 11.3 Å². The summed E-state index contributed by atoms with van der Waals surface area (Å²) in [6.45, 7) is 2.50. The van der Waals surface area contributed by atoms with Gasteiger partial charge in [0, 0.05) is 42.6 Å². The highest BCUT2D eigenvalue weighted by molar-refractivity contribution is 5.90. The fourth-order valence-electron chi connectivity index (χ4n) is 6.08. The Kier molecular flexibility index (Phi) is 5.67. The van der Waals surface area contributed by atoms with E-state index in [0.717, 1.165) is 49.2 Å². The van der Waals surface area contributed by atoms with Gasteiger partial charge in [-0.2, -0.15) is 0 Å². The number of nitrogens with zero attached hydrogens (tertiary/aromatic N) is 2. The van der Waals surface area contributed by atoms with Crippen LogP contribution in [0.3, 0.4) is 0 Å². The zero-order chi connectivity index (χ0) is 22.1. The van der Waals surface area contributed by atoms with Crippen molar-refractivity contribution in [3.63, 3.8) is 0 Å². The van der Waals surface area contributed by atoms with Gasteiger partial charge in [-0.25, -0.2) is 0 Å². The second kappa shape index (κ2) is 8.61. The van der Waals surface area contributed by atoms with E-state index in [1.54, 1.807) is 7.11 Å². The van der Waals surface area contributed by atoms with E-state index in [4.69, 9.17) is 9.84 Å².